The zero-order valence-corrected chi connectivity index (χ0v) is 19.4. The van der Waals surface area contributed by atoms with Gasteiger partial charge in [0, 0.05) is 44.8 Å². The van der Waals surface area contributed by atoms with E-state index in [1.807, 2.05) is 4.90 Å². The number of ether oxygens (including phenoxy) is 1. The highest BCUT2D eigenvalue weighted by atomic mass is 32.2. The van der Waals surface area contributed by atoms with Gasteiger partial charge in [0.2, 0.25) is 10.0 Å². The van der Waals surface area contributed by atoms with Gasteiger partial charge in [0.05, 0.1) is 13.2 Å². The highest BCUT2D eigenvalue weighted by Crippen LogP contribution is 2.23. The lowest BCUT2D eigenvalue weighted by Gasteiger charge is -2.25. The molecule has 0 radical (unpaired) electrons. The van der Waals surface area contributed by atoms with Crippen molar-refractivity contribution in [2.75, 3.05) is 44.3 Å². The Balaban J connectivity index is 1.38. The first kappa shape index (κ1) is 22.7. The van der Waals surface area contributed by atoms with Gasteiger partial charge in [0.1, 0.15) is 16.3 Å². The van der Waals surface area contributed by atoms with E-state index >= 15 is 0 Å². The van der Waals surface area contributed by atoms with E-state index in [1.54, 1.807) is 12.4 Å². The van der Waals surface area contributed by atoms with Crippen LogP contribution in [-0.4, -0.2) is 73.5 Å². The van der Waals surface area contributed by atoms with E-state index in [9.17, 15) is 18.0 Å². The molecule has 4 rings (SSSR count). The van der Waals surface area contributed by atoms with Crippen LogP contribution >= 0.6 is 11.3 Å². The minimum absolute atomic E-state index is 0.0630. The molecule has 2 amide bonds. The molecule has 2 aromatic rings. The molecule has 32 heavy (non-hydrogen) atoms. The van der Waals surface area contributed by atoms with E-state index in [2.05, 4.69) is 15.8 Å². The van der Waals surface area contributed by atoms with E-state index < -0.39 is 21.8 Å². The number of hydrazine groups is 1. The van der Waals surface area contributed by atoms with Gasteiger partial charge in [-0.3, -0.25) is 20.4 Å². The first-order valence-electron chi connectivity index (χ1n) is 10.4. The number of morpholine rings is 1. The van der Waals surface area contributed by atoms with Gasteiger partial charge in [-0.15, -0.1) is 11.3 Å². The number of rotatable bonds is 5. The average Bonchev–Trinajstić information content (AvgIpc) is 3.46. The summed E-state index contributed by atoms with van der Waals surface area (Å²) in [6, 6.07) is 1.32. The number of piperidine rings is 1. The van der Waals surface area contributed by atoms with Crippen LogP contribution in [0.25, 0.3) is 0 Å². The zero-order valence-electron chi connectivity index (χ0n) is 17.7. The molecule has 0 unspecified atom stereocenters. The van der Waals surface area contributed by atoms with E-state index in [0.29, 0.717) is 39.4 Å². The normalized spacial score (nSPS) is 17.8. The number of nitrogens with zero attached hydrogens (tertiary/aromatic N) is 4. The second-order valence-electron chi connectivity index (χ2n) is 7.66. The molecule has 2 N–H and O–H groups in total. The summed E-state index contributed by atoms with van der Waals surface area (Å²) < 4.78 is 33.9. The van der Waals surface area contributed by atoms with E-state index in [1.165, 1.54) is 32.5 Å². The van der Waals surface area contributed by atoms with Crippen molar-refractivity contribution in [2.24, 2.45) is 7.05 Å². The average molecular weight is 483 g/mol. The summed E-state index contributed by atoms with van der Waals surface area (Å²) in [6.45, 7) is 3.61. The molecular formula is C19H26N6O5S2. The van der Waals surface area contributed by atoms with Gasteiger partial charge in [0.25, 0.3) is 11.8 Å². The van der Waals surface area contributed by atoms with Crippen molar-refractivity contribution < 1.29 is 22.7 Å². The lowest BCUT2D eigenvalue weighted by Crippen LogP contribution is -2.42. The van der Waals surface area contributed by atoms with Crippen molar-refractivity contribution in [3.8, 4) is 0 Å². The third kappa shape index (κ3) is 4.80. The van der Waals surface area contributed by atoms with Gasteiger partial charge in [-0.2, -0.15) is 4.31 Å². The van der Waals surface area contributed by atoms with E-state index in [4.69, 9.17) is 4.74 Å². The summed E-state index contributed by atoms with van der Waals surface area (Å²) in [5, 5.41) is 2.35. The van der Waals surface area contributed by atoms with E-state index in [0.717, 1.165) is 24.4 Å². The molecule has 0 aromatic carbocycles. The second-order valence-corrected chi connectivity index (χ2v) is 10.4. The Kier molecular flexibility index (Phi) is 6.79. The van der Waals surface area contributed by atoms with Gasteiger partial charge in [-0.05, 0) is 18.9 Å². The number of aryl methyl sites for hydroxylation is 1. The van der Waals surface area contributed by atoms with Gasteiger partial charge in [-0.1, -0.05) is 6.42 Å². The highest BCUT2D eigenvalue weighted by Gasteiger charge is 2.28. The Hall–Kier alpha value is -2.48. The topological polar surface area (TPSA) is 126 Å². The number of aromatic nitrogens is 2. The molecule has 13 heteroatoms. The summed E-state index contributed by atoms with van der Waals surface area (Å²) in [6.07, 6.45) is 4.08. The molecule has 174 valence electrons. The molecule has 0 aliphatic carbocycles. The maximum absolute atomic E-state index is 12.9. The van der Waals surface area contributed by atoms with Crippen LogP contribution in [0.1, 0.15) is 40.2 Å². The second kappa shape index (κ2) is 9.57. The molecule has 4 heterocycles. The van der Waals surface area contributed by atoms with Crippen LogP contribution in [0.15, 0.2) is 22.5 Å². The number of hydrogen-bond acceptors (Lipinski definition) is 8. The van der Waals surface area contributed by atoms with E-state index in [-0.39, 0.29) is 16.3 Å². The van der Waals surface area contributed by atoms with Crippen molar-refractivity contribution in [3.63, 3.8) is 0 Å². The molecule has 2 aliphatic rings. The minimum atomic E-state index is -3.66. The fourth-order valence-electron chi connectivity index (χ4n) is 3.67. The van der Waals surface area contributed by atoms with Crippen molar-refractivity contribution in [1.82, 2.24) is 24.7 Å². The number of thiazole rings is 1. The smallest absolute Gasteiger partial charge is 0.289 e. The zero-order chi connectivity index (χ0) is 22.7. The van der Waals surface area contributed by atoms with Crippen LogP contribution in [0.2, 0.25) is 0 Å². The predicted octanol–water partition coefficient (Wildman–Crippen LogP) is 0.568. The number of amides is 2. The maximum Gasteiger partial charge on any atom is 0.289 e. The van der Waals surface area contributed by atoms with Crippen molar-refractivity contribution in [1.29, 1.82) is 0 Å². The summed E-state index contributed by atoms with van der Waals surface area (Å²) in [5.41, 5.74) is 4.99. The van der Waals surface area contributed by atoms with Gasteiger partial charge in [-0.25, -0.2) is 13.4 Å². The molecule has 2 aromatic heterocycles. The van der Waals surface area contributed by atoms with Gasteiger partial charge < -0.3 is 14.2 Å². The molecule has 0 bridgehead atoms. The van der Waals surface area contributed by atoms with Gasteiger partial charge >= 0.3 is 0 Å². The SMILES string of the molecule is Cn1cc(S(=O)(=O)N2CCCCC2)cc1C(=O)NNC(=O)c1csc(N2CCOCC2)n1. The fourth-order valence-corrected chi connectivity index (χ4v) is 6.11. The number of anilines is 1. The summed E-state index contributed by atoms with van der Waals surface area (Å²) >= 11 is 1.35. The molecule has 0 spiro atoms. The maximum atomic E-state index is 12.9. The summed E-state index contributed by atoms with van der Waals surface area (Å²) in [5.74, 6) is -1.17. The lowest BCUT2D eigenvalue weighted by atomic mass is 10.2. The predicted molar refractivity (Wildman–Crippen MR) is 118 cm³/mol. The first-order chi connectivity index (χ1) is 15.4. The van der Waals surface area contributed by atoms with Crippen LogP contribution in [0, 0.1) is 0 Å². The number of carbonyl (C=O) groups excluding carboxylic acids is 2. The standard InChI is InChI=1S/C19H26N6O5S2/c1-23-12-14(32(28,29)25-5-3-2-4-6-25)11-16(23)18(27)22-21-17(26)15-13-31-19(20-15)24-7-9-30-10-8-24/h11-13H,2-10H2,1H3,(H,21,26)(H,22,27). The van der Waals surface area contributed by atoms with Crippen molar-refractivity contribution >= 4 is 38.3 Å². The molecule has 2 aliphatic heterocycles. The Morgan fingerprint density at radius 1 is 1.06 bits per heavy atom. The molecule has 2 fully saturated rings. The summed E-state index contributed by atoms with van der Waals surface area (Å²) in [4.78, 5) is 31.4. The Morgan fingerprint density at radius 2 is 1.75 bits per heavy atom. The third-order valence-electron chi connectivity index (χ3n) is 5.46. The number of hydrogen-bond donors (Lipinski definition) is 2. The van der Waals surface area contributed by atoms with Crippen LogP contribution < -0.4 is 15.8 Å². The lowest BCUT2D eigenvalue weighted by molar-refractivity contribution is 0.0840. The fraction of sp³-hybridized carbons (Fsp3) is 0.526. The molecule has 0 saturated carbocycles. The number of sulfonamides is 1. The van der Waals surface area contributed by atoms with Crippen molar-refractivity contribution in [3.05, 3.63) is 29.0 Å². The molecule has 2 saturated heterocycles. The highest BCUT2D eigenvalue weighted by molar-refractivity contribution is 7.89. The molecule has 0 atom stereocenters. The Bertz CT molecular complexity index is 1080. The van der Waals surface area contributed by atoms with Crippen LogP contribution in [0.3, 0.4) is 0 Å². The largest absolute Gasteiger partial charge is 0.378 e. The number of carbonyl (C=O) groups is 2. The van der Waals surface area contributed by atoms with Gasteiger partial charge in [0.15, 0.2) is 5.13 Å². The Labute approximate surface area is 190 Å². The van der Waals surface area contributed by atoms with Crippen molar-refractivity contribution in [2.45, 2.75) is 24.2 Å². The summed E-state index contributed by atoms with van der Waals surface area (Å²) in [7, 11) is -2.07. The third-order valence-corrected chi connectivity index (χ3v) is 8.23. The van der Waals surface area contributed by atoms with Crippen LogP contribution in [0.5, 0.6) is 0 Å². The monoisotopic (exact) mass is 482 g/mol. The number of nitrogens with one attached hydrogen (secondary N) is 2. The van der Waals surface area contributed by atoms with Crippen LogP contribution in [0.4, 0.5) is 5.13 Å². The molecule has 11 nitrogen and oxygen atoms in total. The first-order valence-corrected chi connectivity index (χ1v) is 12.7. The molecular weight excluding hydrogens is 456 g/mol. The Morgan fingerprint density at radius 3 is 2.47 bits per heavy atom. The minimum Gasteiger partial charge on any atom is -0.378 e. The van der Waals surface area contributed by atoms with Crippen LogP contribution in [-0.2, 0) is 21.8 Å². The quantitative estimate of drug-likeness (QED) is 0.597.